The van der Waals surface area contributed by atoms with E-state index in [9.17, 15) is 24.3 Å². The van der Waals surface area contributed by atoms with Gasteiger partial charge >= 0.3 is 5.97 Å². The maximum atomic E-state index is 14.1. The van der Waals surface area contributed by atoms with Gasteiger partial charge in [0.1, 0.15) is 5.01 Å². The summed E-state index contributed by atoms with van der Waals surface area (Å²) in [6.07, 6.45) is 1.59. The fourth-order valence-corrected chi connectivity index (χ4v) is 6.36. The Bertz CT molecular complexity index is 1170. The largest absolute Gasteiger partial charge is 0.479 e. The molecule has 8 nitrogen and oxygen atoms in total. The Hall–Kier alpha value is -3.07. The van der Waals surface area contributed by atoms with E-state index in [2.05, 4.69) is 25.8 Å². The van der Waals surface area contributed by atoms with E-state index < -0.39 is 47.1 Å². The van der Waals surface area contributed by atoms with Crippen molar-refractivity contribution in [1.29, 1.82) is 0 Å². The number of rotatable bonds is 5. The van der Waals surface area contributed by atoms with Gasteiger partial charge in [0.05, 0.1) is 17.9 Å². The average Bonchev–Trinajstić information content (AvgIpc) is 3.46. The molecule has 0 spiro atoms. The van der Waals surface area contributed by atoms with Crippen LogP contribution in [0.1, 0.15) is 68.0 Å². The molecule has 1 N–H and O–H groups in total. The SMILES string of the molecule is CC(C)C[C@@]1(C(=O)O)C2C(=O)N(C)C(=O)C2[C@H](c2nccs2)N1C(=O)c1ccc(C(C)(C)C)cc1. The lowest BCUT2D eigenvalue weighted by molar-refractivity contribution is -0.157. The van der Waals surface area contributed by atoms with Gasteiger partial charge in [-0.1, -0.05) is 46.8 Å². The Labute approximate surface area is 209 Å². The smallest absolute Gasteiger partial charge is 0.330 e. The van der Waals surface area contributed by atoms with Crippen molar-refractivity contribution in [2.24, 2.45) is 17.8 Å². The normalized spacial score (nSPS) is 26.5. The molecule has 4 atom stereocenters. The molecule has 2 aliphatic heterocycles. The lowest BCUT2D eigenvalue weighted by Gasteiger charge is -2.41. The van der Waals surface area contributed by atoms with Gasteiger partial charge in [-0.15, -0.1) is 11.3 Å². The number of aromatic nitrogens is 1. The van der Waals surface area contributed by atoms with E-state index in [0.29, 0.717) is 10.6 Å². The zero-order valence-corrected chi connectivity index (χ0v) is 21.6. The predicted molar refractivity (Wildman–Crippen MR) is 131 cm³/mol. The van der Waals surface area contributed by atoms with Crippen molar-refractivity contribution >= 4 is 35.0 Å². The zero-order valence-electron chi connectivity index (χ0n) is 20.8. The molecule has 3 heterocycles. The Morgan fingerprint density at radius 3 is 2.26 bits per heavy atom. The molecule has 2 unspecified atom stereocenters. The van der Waals surface area contributed by atoms with Crippen LogP contribution in [-0.2, 0) is 19.8 Å². The Morgan fingerprint density at radius 1 is 1.14 bits per heavy atom. The lowest BCUT2D eigenvalue weighted by Crippen LogP contribution is -2.59. The van der Waals surface area contributed by atoms with E-state index in [-0.39, 0.29) is 17.8 Å². The molecule has 0 radical (unpaired) electrons. The Balaban J connectivity index is 1.95. The average molecular weight is 498 g/mol. The summed E-state index contributed by atoms with van der Waals surface area (Å²) >= 11 is 1.25. The fraction of sp³-hybridized carbons (Fsp3) is 0.500. The van der Waals surface area contributed by atoms with Crippen LogP contribution >= 0.6 is 11.3 Å². The summed E-state index contributed by atoms with van der Waals surface area (Å²) < 4.78 is 0. The minimum atomic E-state index is -1.88. The summed E-state index contributed by atoms with van der Waals surface area (Å²) in [7, 11) is 1.38. The van der Waals surface area contributed by atoms with Gasteiger partial charge in [0.15, 0.2) is 5.54 Å². The van der Waals surface area contributed by atoms with Crippen molar-refractivity contribution in [1.82, 2.24) is 14.8 Å². The number of likely N-dealkylation sites (tertiary alicyclic amines) is 2. The number of nitrogens with zero attached hydrogens (tertiary/aromatic N) is 3. The van der Waals surface area contributed by atoms with Gasteiger partial charge in [0, 0.05) is 24.2 Å². The molecule has 3 amide bonds. The first-order chi connectivity index (χ1) is 16.3. The number of fused-ring (bicyclic) bond motifs is 1. The highest BCUT2D eigenvalue weighted by Crippen LogP contribution is 2.57. The van der Waals surface area contributed by atoms with Gasteiger partial charge in [-0.25, -0.2) is 9.78 Å². The topological polar surface area (TPSA) is 108 Å². The first kappa shape index (κ1) is 25.0. The monoisotopic (exact) mass is 497 g/mol. The number of thiazole rings is 1. The first-order valence-corrected chi connectivity index (χ1v) is 12.6. The predicted octanol–water partition coefficient (Wildman–Crippen LogP) is 3.74. The number of carboxylic acid groups (broad SMARTS) is 1. The van der Waals surface area contributed by atoms with E-state index in [1.54, 1.807) is 23.7 Å². The Morgan fingerprint density at radius 2 is 1.77 bits per heavy atom. The number of aliphatic carboxylic acids is 1. The van der Waals surface area contributed by atoms with Crippen molar-refractivity contribution in [2.45, 2.75) is 58.0 Å². The second-order valence-corrected chi connectivity index (χ2v) is 11.8. The first-order valence-electron chi connectivity index (χ1n) is 11.7. The van der Waals surface area contributed by atoms with Crippen LogP contribution in [0.25, 0.3) is 0 Å². The summed E-state index contributed by atoms with van der Waals surface area (Å²) in [5.41, 5.74) is -0.668. The number of amides is 3. The summed E-state index contributed by atoms with van der Waals surface area (Å²) in [6, 6.07) is 6.14. The Kier molecular flexibility index (Phi) is 6.12. The molecule has 186 valence electrons. The number of hydrogen-bond acceptors (Lipinski definition) is 6. The summed E-state index contributed by atoms with van der Waals surface area (Å²) in [5.74, 6) is -5.20. The number of carbonyl (C=O) groups excluding carboxylic acids is 3. The van der Waals surface area contributed by atoms with Crippen molar-refractivity contribution < 1.29 is 24.3 Å². The number of hydrogen-bond donors (Lipinski definition) is 1. The van der Waals surface area contributed by atoms with E-state index in [1.807, 2.05) is 26.0 Å². The molecule has 4 rings (SSSR count). The van der Waals surface area contributed by atoms with Gasteiger partial charge in [0.25, 0.3) is 5.91 Å². The second-order valence-electron chi connectivity index (χ2n) is 10.9. The minimum absolute atomic E-state index is 0.0318. The van der Waals surface area contributed by atoms with E-state index in [0.717, 1.165) is 10.5 Å². The van der Waals surface area contributed by atoms with Crippen LogP contribution in [0, 0.1) is 17.8 Å². The minimum Gasteiger partial charge on any atom is -0.479 e. The third-order valence-electron chi connectivity index (χ3n) is 7.15. The van der Waals surface area contributed by atoms with Crippen LogP contribution in [0.5, 0.6) is 0 Å². The number of carboxylic acids is 1. The zero-order chi connectivity index (χ0) is 25.9. The van der Waals surface area contributed by atoms with Crippen molar-refractivity contribution in [3.05, 3.63) is 52.0 Å². The third kappa shape index (κ3) is 3.76. The standard InChI is InChI=1S/C26H31N3O5S/c1-14(2)13-26(24(33)34)18-17(22(31)28(6)23(18)32)19(20-27-11-12-35-20)29(26)21(30)15-7-9-16(10-8-15)25(3,4)5/h7-12,14,17-19H,13H2,1-6H3,(H,33,34)/t17?,18?,19-,26+/m1/s1. The molecule has 2 fully saturated rings. The number of carbonyl (C=O) groups is 4. The highest BCUT2D eigenvalue weighted by Gasteiger charge is 2.73. The summed E-state index contributed by atoms with van der Waals surface area (Å²) in [4.78, 5) is 60.6. The van der Waals surface area contributed by atoms with Crippen LogP contribution < -0.4 is 0 Å². The van der Waals surface area contributed by atoms with Crippen LogP contribution in [0.2, 0.25) is 0 Å². The highest BCUT2D eigenvalue weighted by molar-refractivity contribution is 7.09. The van der Waals surface area contributed by atoms with Gasteiger partial charge in [-0.05, 0) is 35.4 Å². The molecule has 2 aliphatic rings. The molecule has 0 bridgehead atoms. The van der Waals surface area contributed by atoms with Crippen LogP contribution in [-0.4, -0.2) is 56.2 Å². The molecule has 2 saturated heterocycles. The second kappa shape index (κ2) is 8.55. The maximum Gasteiger partial charge on any atom is 0.330 e. The fourth-order valence-electron chi connectivity index (χ4n) is 5.59. The molecule has 0 saturated carbocycles. The maximum absolute atomic E-state index is 14.1. The van der Waals surface area contributed by atoms with Gasteiger partial charge in [0.2, 0.25) is 11.8 Å². The quantitative estimate of drug-likeness (QED) is 0.631. The van der Waals surface area contributed by atoms with Crippen molar-refractivity contribution in [3.63, 3.8) is 0 Å². The van der Waals surface area contributed by atoms with Crippen molar-refractivity contribution in [3.8, 4) is 0 Å². The highest BCUT2D eigenvalue weighted by atomic mass is 32.1. The van der Waals surface area contributed by atoms with Gasteiger partial charge in [-0.2, -0.15) is 0 Å². The molecule has 1 aromatic carbocycles. The molecule has 35 heavy (non-hydrogen) atoms. The molecular weight excluding hydrogens is 466 g/mol. The molecular formula is C26H31N3O5S. The number of benzene rings is 1. The summed E-state index contributed by atoms with van der Waals surface area (Å²) in [5, 5.41) is 12.9. The molecule has 1 aromatic heterocycles. The van der Waals surface area contributed by atoms with E-state index >= 15 is 0 Å². The van der Waals surface area contributed by atoms with Gasteiger partial charge in [-0.3, -0.25) is 19.3 Å². The molecule has 2 aromatic rings. The summed E-state index contributed by atoms with van der Waals surface area (Å²) in [6.45, 7) is 9.89. The van der Waals surface area contributed by atoms with Crippen LogP contribution in [0.3, 0.4) is 0 Å². The molecule has 9 heteroatoms. The lowest BCUT2D eigenvalue weighted by atomic mass is 9.75. The van der Waals surface area contributed by atoms with E-state index in [1.165, 1.54) is 23.3 Å². The van der Waals surface area contributed by atoms with Gasteiger partial charge < -0.3 is 10.0 Å². The van der Waals surface area contributed by atoms with Crippen LogP contribution in [0.15, 0.2) is 35.8 Å². The molecule has 0 aliphatic carbocycles. The number of imide groups is 1. The van der Waals surface area contributed by atoms with Crippen LogP contribution in [0.4, 0.5) is 0 Å². The third-order valence-corrected chi connectivity index (χ3v) is 7.99. The van der Waals surface area contributed by atoms with E-state index in [4.69, 9.17) is 0 Å². The van der Waals surface area contributed by atoms with Crippen molar-refractivity contribution in [2.75, 3.05) is 7.05 Å².